The Morgan fingerprint density at radius 3 is 2.38 bits per heavy atom. The zero-order chi connectivity index (χ0) is 17.4. The number of halogens is 4. The van der Waals surface area contributed by atoms with Gasteiger partial charge in [-0.3, -0.25) is 4.68 Å². The predicted molar refractivity (Wildman–Crippen MR) is 87.5 cm³/mol. The van der Waals surface area contributed by atoms with Crippen molar-refractivity contribution in [2.24, 2.45) is 7.05 Å². The lowest BCUT2D eigenvalue weighted by molar-refractivity contribution is 0.572. The maximum Gasteiger partial charge on any atom is 0.129 e. The number of aryl methyl sites for hydroxylation is 2. The SMILES string of the molecule is Cc1nn(C)c(Cc2ccc(F)cc2F)c1-c1ccc(F)cc1Cl. The van der Waals surface area contributed by atoms with Crippen LogP contribution in [0.15, 0.2) is 36.4 Å². The molecule has 0 spiro atoms. The van der Waals surface area contributed by atoms with Gasteiger partial charge in [-0.15, -0.1) is 0 Å². The first-order valence-corrected chi connectivity index (χ1v) is 7.66. The van der Waals surface area contributed by atoms with Crippen LogP contribution in [0.4, 0.5) is 13.2 Å². The third-order valence-corrected chi connectivity index (χ3v) is 4.23. The van der Waals surface area contributed by atoms with Crippen LogP contribution < -0.4 is 0 Å². The summed E-state index contributed by atoms with van der Waals surface area (Å²) in [6.45, 7) is 1.81. The van der Waals surface area contributed by atoms with E-state index in [0.29, 0.717) is 22.5 Å². The normalized spacial score (nSPS) is 11.1. The lowest BCUT2D eigenvalue weighted by atomic mass is 9.98. The van der Waals surface area contributed by atoms with Crippen LogP contribution in [-0.2, 0) is 13.5 Å². The maximum absolute atomic E-state index is 14.0. The molecular weight excluding hydrogens is 337 g/mol. The van der Waals surface area contributed by atoms with Crippen molar-refractivity contribution >= 4 is 11.6 Å². The molecule has 24 heavy (non-hydrogen) atoms. The third-order valence-electron chi connectivity index (χ3n) is 3.91. The highest BCUT2D eigenvalue weighted by Crippen LogP contribution is 2.34. The van der Waals surface area contributed by atoms with Crippen molar-refractivity contribution in [2.75, 3.05) is 0 Å². The number of aromatic nitrogens is 2. The maximum atomic E-state index is 14.0. The number of rotatable bonds is 3. The minimum atomic E-state index is -0.626. The highest BCUT2D eigenvalue weighted by molar-refractivity contribution is 6.33. The van der Waals surface area contributed by atoms with Gasteiger partial charge < -0.3 is 0 Å². The van der Waals surface area contributed by atoms with Gasteiger partial charge in [0, 0.05) is 30.7 Å². The van der Waals surface area contributed by atoms with Crippen LogP contribution in [0.25, 0.3) is 11.1 Å². The first-order chi connectivity index (χ1) is 11.4. The summed E-state index contributed by atoms with van der Waals surface area (Å²) < 4.78 is 42.0. The molecule has 0 unspecified atom stereocenters. The van der Waals surface area contributed by atoms with E-state index in [1.54, 1.807) is 24.7 Å². The predicted octanol–water partition coefficient (Wildman–Crippen LogP) is 5.06. The Kier molecular flexibility index (Phi) is 4.37. The molecule has 0 aliphatic rings. The van der Waals surface area contributed by atoms with Crippen LogP contribution in [0.3, 0.4) is 0 Å². The van der Waals surface area contributed by atoms with Gasteiger partial charge in [0.15, 0.2) is 0 Å². The summed E-state index contributed by atoms with van der Waals surface area (Å²) in [5, 5.41) is 4.62. The van der Waals surface area contributed by atoms with Gasteiger partial charge in [0.25, 0.3) is 0 Å². The molecule has 0 atom stereocenters. The number of nitrogens with zero attached hydrogens (tertiary/aromatic N) is 2. The Hall–Kier alpha value is -2.27. The lowest BCUT2D eigenvalue weighted by Gasteiger charge is -2.10. The van der Waals surface area contributed by atoms with Gasteiger partial charge in [-0.25, -0.2) is 13.2 Å². The van der Waals surface area contributed by atoms with Crippen molar-refractivity contribution in [3.63, 3.8) is 0 Å². The molecule has 3 aromatic rings. The molecule has 2 aromatic carbocycles. The van der Waals surface area contributed by atoms with Crippen molar-refractivity contribution in [3.05, 3.63) is 75.8 Å². The Labute approximate surface area is 142 Å². The monoisotopic (exact) mass is 350 g/mol. The molecule has 124 valence electrons. The highest BCUT2D eigenvalue weighted by atomic mass is 35.5. The van der Waals surface area contributed by atoms with Gasteiger partial charge >= 0.3 is 0 Å². The third kappa shape index (κ3) is 3.04. The van der Waals surface area contributed by atoms with Gasteiger partial charge in [0.05, 0.1) is 16.4 Å². The van der Waals surface area contributed by atoms with E-state index in [0.717, 1.165) is 11.6 Å². The van der Waals surface area contributed by atoms with Crippen molar-refractivity contribution < 1.29 is 13.2 Å². The Bertz CT molecular complexity index is 919. The highest BCUT2D eigenvalue weighted by Gasteiger charge is 2.19. The zero-order valence-electron chi connectivity index (χ0n) is 13.1. The first kappa shape index (κ1) is 16.6. The molecule has 0 saturated carbocycles. The topological polar surface area (TPSA) is 17.8 Å². The van der Waals surface area contributed by atoms with Crippen molar-refractivity contribution in [1.82, 2.24) is 9.78 Å². The van der Waals surface area contributed by atoms with E-state index in [-0.39, 0.29) is 11.4 Å². The fraction of sp³-hybridized carbons (Fsp3) is 0.167. The van der Waals surface area contributed by atoms with E-state index in [2.05, 4.69) is 5.10 Å². The van der Waals surface area contributed by atoms with Crippen LogP contribution in [0, 0.1) is 24.4 Å². The largest absolute Gasteiger partial charge is 0.271 e. The van der Waals surface area contributed by atoms with Gasteiger partial charge in [-0.05, 0) is 36.8 Å². The number of benzene rings is 2. The van der Waals surface area contributed by atoms with E-state index < -0.39 is 17.5 Å². The Morgan fingerprint density at radius 2 is 1.71 bits per heavy atom. The lowest BCUT2D eigenvalue weighted by Crippen LogP contribution is -2.02. The molecule has 0 fully saturated rings. The second-order valence-corrected chi connectivity index (χ2v) is 5.97. The van der Waals surface area contributed by atoms with Crippen molar-refractivity contribution in [3.8, 4) is 11.1 Å². The van der Waals surface area contributed by atoms with E-state index in [9.17, 15) is 13.2 Å². The summed E-state index contributed by atoms with van der Waals surface area (Å²) >= 11 is 6.17. The van der Waals surface area contributed by atoms with E-state index in [1.807, 2.05) is 0 Å². The van der Waals surface area contributed by atoms with Crippen LogP contribution in [0.1, 0.15) is 17.0 Å². The Balaban J connectivity index is 2.12. The summed E-state index contributed by atoms with van der Waals surface area (Å²) in [5.41, 5.74) is 3.11. The summed E-state index contributed by atoms with van der Waals surface area (Å²) in [7, 11) is 1.74. The van der Waals surface area contributed by atoms with Gasteiger partial charge in [0.1, 0.15) is 17.5 Å². The number of hydrogen-bond acceptors (Lipinski definition) is 1. The Morgan fingerprint density at radius 1 is 1.04 bits per heavy atom. The summed E-state index contributed by atoms with van der Waals surface area (Å²) in [6, 6.07) is 7.59. The molecule has 1 heterocycles. The summed E-state index contributed by atoms with van der Waals surface area (Å²) in [4.78, 5) is 0. The fourth-order valence-electron chi connectivity index (χ4n) is 2.80. The van der Waals surface area contributed by atoms with Gasteiger partial charge in [-0.2, -0.15) is 5.10 Å². The quantitative estimate of drug-likeness (QED) is 0.645. The molecular formula is C18H14ClF3N2. The van der Waals surface area contributed by atoms with Crippen LogP contribution >= 0.6 is 11.6 Å². The summed E-state index contributed by atoms with van der Waals surface area (Å²) in [6.07, 6.45) is 0.215. The molecule has 0 amide bonds. The molecule has 0 saturated heterocycles. The average molecular weight is 351 g/mol. The molecule has 0 N–H and O–H groups in total. The molecule has 0 aliphatic heterocycles. The first-order valence-electron chi connectivity index (χ1n) is 7.28. The van der Waals surface area contributed by atoms with Crippen LogP contribution in [0.5, 0.6) is 0 Å². The second kappa shape index (κ2) is 6.32. The minimum absolute atomic E-state index is 0.215. The molecule has 0 radical (unpaired) electrons. The molecule has 1 aromatic heterocycles. The average Bonchev–Trinajstić information content (AvgIpc) is 2.76. The standard InChI is InChI=1S/C18H14ClF3N2/c1-10-18(14-6-5-12(20)8-15(14)19)17(24(2)23-10)7-11-3-4-13(21)9-16(11)22/h3-6,8-9H,7H2,1-2H3. The van der Waals surface area contributed by atoms with E-state index in [4.69, 9.17) is 11.6 Å². The van der Waals surface area contributed by atoms with Gasteiger partial charge in [-0.1, -0.05) is 17.7 Å². The smallest absolute Gasteiger partial charge is 0.129 e. The molecule has 0 aliphatic carbocycles. The number of hydrogen-bond donors (Lipinski definition) is 0. The molecule has 3 rings (SSSR count). The van der Waals surface area contributed by atoms with E-state index >= 15 is 0 Å². The fourth-order valence-corrected chi connectivity index (χ4v) is 3.06. The zero-order valence-corrected chi connectivity index (χ0v) is 13.8. The summed E-state index contributed by atoms with van der Waals surface area (Å²) in [5.74, 6) is -1.68. The molecule has 2 nitrogen and oxygen atoms in total. The van der Waals surface area contributed by atoms with Crippen LogP contribution in [-0.4, -0.2) is 9.78 Å². The van der Waals surface area contributed by atoms with E-state index in [1.165, 1.54) is 24.3 Å². The second-order valence-electron chi connectivity index (χ2n) is 5.57. The van der Waals surface area contributed by atoms with Crippen LogP contribution in [0.2, 0.25) is 5.02 Å². The van der Waals surface area contributed by atoms with Gasteiger partial charge in [0.2, 0.25) is 0 Å². The van der Waals surface area contributed by atoms with Crippen molar-refractivity contribution in [1.29, 1.82) is 0 Å². The van der Waals surface area contributed by atoms with Crippen molar-refractivity contribution in [2.45, 2.75) is 13.3 Å². The molecule has 6 heteroatoms. The molecule has 0 bridgehead atoms. The minimum Gasteiger partial charge on any atom is -0.271 e.